The highest BCUT2D eigenvalue weighted by Crippen LogP contribution is 2.30. The predicted molar refractivity (Wildman–Crippen MR) is 88.3 cm³/mol. The lowest BCUT2D eigenvalue weighted by atomic mass is 10.2. The quantitative estimate of drug-likeness (QED) is 0.631. The van der Waals surface area contributed by atoms with E-state index >= 15 is 0 Å². The van der Waals surface area contributed by atoms with Crippen LogP contribution in [0.2, 0.25) is 0 Å². The summed E-state index contributed by atoms with van der Waals surface area (Å²) in [5.41, 5.74) is 0.625. The number of nitro benzene ring substituents is 1. The molecule has 0 fully saturated rings. The highest BCUT2D eigenvalue weighted by molar-refractivity contribution is 9.10. The summed E-state index contributed by atoms with van der Waals surface area (Å²) in [6, 6.07) is 8.85. The fourth-order valence-electron chi connectivity index (χ4n) is 1.90. The minimum atomic E-state index is -0.533. The van der Waals surface area contributed by atoms with E-state index in [0.29, 0.717) is 21.5 Å². The minimum absolute atomic E-state index is 0.118. The zero-order valence-corrected chi connectivity index (χ0v) is 13.9. The summed E-state index contributed by atoms with van der Waals surface area (Å²) in [5.74, 6) is 0.440. The third-order valence-electron chi connectivity index (χ3n) is 3.06. The molecule has 0 spiro atoms. The van der Waals surface area contributed by atoms with Crippen molar-refractivity contribution in [3.63, 3.8) is 0 Å². The van der Waals surface area contributed by atoms with E-state index in [0.717, 1.165) is 0 Å². The van der Waals surface area contributed by atoms with Crippen LogP contribution in [-0.4, -0.2) is 25.1 Å². The number of anilines is 1. The summed E-state index contributed by atoms with van der Waals surface area (Å²) >= 11 is 3.31. The van der Waals surface area contributed by atoms with Crippen molar-refractivity contribution in [1.29, 1.82) is 0 Å². The molecule has 0 aromatic heterocycles. The fourth-order valence-corrected chi connectivity index (χ4v) is 2.44. The summed E-state index contributed by atoms with van der Waals surface area (Å²) in [6.07, 6.45) is 0. The largest absolute Gasteiger partial charge is 0.496 e. The molecule has 2 aromatic rings. The van der Waals surface area contributed by atoms with E-state index < -0.39 is 4.92 Å². The molecule has 8 heteroatoms. The average Bonchev–Trinajstić information content (AvgIpc) is 2.54. The Balaban J connectivity index is 2.26. The first-order chi connectivity index (χ1) is 11.0. The van der Waals surface area contributed by atoms with Gasteiger partial charge in [0.05, 0.1) is 35.4 Å². The number of non-ortho nitro benzene ring substituents is 1. The van der Waals surface area contributed by atoms with Crippen molar-refractivity contribution in [3.05, 3.63) is 56.5 Å². The smallest absolute Gasteiger partial charge is 0.273 e. The number of nitro groups is 1. The number of nitrogens with one attached hydrogen (secondary N) is 1. The van der Waals surface area contributed by atoms with E-state index in [4.69, 9.17) is 9.47 Å². The SMILES string of the molecule is COc1ccc(C(=O)Nc2ccc([N+](=O)[O-])cc2OC)cc1Br. The maximum Gasteiger partial charge on any atom is 0.273 e. The van der Waals surface area contributed by atoms with Gasteiger partial charge >= 0.3 is 0 Å². The van der Waals surface area contributed by atoms with Crippen LogP contribution in [0.5, 0.6) is 11.5 Å². The first-order valence-corrected chi connectivity index (χ1v) is 7.23. The lowest BCUT2D eigenvalue weighted by Gasteiger charge is -2.11. The molecule has 0 aliphatic carbocycles. The van der Waals surface area contributed by atoms with Crippen LogP contribution >= 0.6 is 15.9 Å². The normalized spacial score (nSPS) is 10.0. The average molecular weight is 381 g/mol. The van der Waals surface area contributed by atoms with Gasteiger partial charge < -0.3 is 14.8 Å². The lowest BCUT2D eigenvalue weighted by molar-refractivity contribution is -0.384. The number of nitrogens with zero attached hydrogens (tertiary/aromatic N) is 1. The van der Waals surface area contributed by atoms with Gasteiger partial charge in [-0.15, -0.1) is 0 Å². The summed E-state index contributed by atoms with van der Waals surface area (Å²) in [5, 5.41) is 13.4. The van der Waals surface area contributed by atoms with Crippen molar-refractivity contribution in [2.45, 2.75) is 0 Å². The molecule has 0 heterocycles. The molecule has 0 aliphatic heterocycles. The fraction of sp³-hybridized carbons (Fsp3) is 0.133. The molecule has 7 nitrogen and oxygen atoms in total. The zero-order chi connectivity index (χ0) is 17.0. The van der Waals surface area contributed by atoms with Crippen molar-refractivity contribution in [2.24, 2.45) is 0 Å². The topological polar surface area (TPSA) is 90.7 Å². The van der Waals surface area contributed by atoms with Crippen LogP contribution in [0.3, 0.4) is 0 Å². The second-order valence-corrected chi connectivity index (χ2v) is 5.30. The van der Waals surface area contributed by atoms with Crippen LogP contribution < -0.4 is 14.8 Å². The van der Waals surface area contributed by atoms with Crippen LogP contribution in [0, 0.1) is 10.1 Å². The van der Waals surface area contributed by atoms with Gasteiger partial charge in [-0.2, -0.15) is 0 Å². The number of hydrogen-bond acceptors (Lipinski definition) is 5. The Morgan fingerprint density at radius 3 is 2.39 bits per heavy atom. The number of carbonyl (C=O) groups excluding carboxylic acids is 1. The van der Waals surface area contributed by atoms with E-state index in [9.17, 15) is 14.9 Å². The molecule has 1 amide bonds. The summed E-state index contributed by atoms with van der Waals surface area (Å²) < 4.78 is 10.8. The molecular formula is C15H13BrN2O5. The highest BCUT2D eigenvalue weighted by atomic mass is 79.9. The van der Waals surface area contributed by atoms with E-state index in [1.807, 2.05) is 0 Å². The molecular weight excluding hydrogens is 368 g/mol. The Hall–Kier alpha value is -2.61. The van der Waals surface area contributed by atoms with Gasteiger partial charge in [-0.3, -0.25) is 14.9 Å². The monoisotopic (exact) mass is 380 g/mol. The van der Waals surface area contributed by atoms with E-state index in [1.54, 1.807) is 18.2 Å². The van der Waals surface area contributed by atoms with Crippen LogP contribution in [-0.2, 0) is 0 Å². The van der Waals surface area contributed by atoms with Gasteiger partial charge in [0.2, 0.25) is 0 Å². The van der Waals surface area contributed by atoms with Crippen molar-refractivity contribution < 1.29 is 19.2 Å². The predicted octanol–water partition coefficient (Wildman–Crippen LogP) is 3.63. The molecule has 120 valence electrons. The zero-order valence-electron chi connectivity index (χ0n) is 12.3. The lowest BCUT2D eigenvalue weighted by Crippen LogP contribution is -2.12. The number of halogens is 1. The molecule has 0 saturated carbocycles. The van der Waals surface area contributed by atoms with Gasteiger partial charge in [-0.25, -0.2) is 0 Å². The maximum atomic E-state index is 12.3. The van der Waals surface area contributed by atoms with E-state index in [-0.39, 0.29) is 17.3 Å². The number of rotatable bonds is 5. The van der Waals surface area contributed by atoms with Crippen LogP contribution in [0.1, 0.15) is 10.4 Å². The summed E-state index contributed by atoms with van der Waals surface area (Å²) in [4.78, 5) is 22.5. The molecule has 0 saturated heterocycles. The Morgan fingerprint density at radius 2 is 1.83 bits per heavy atom. The molecule has 23 heavy (non-hydrogen) atoms. The van der Waals surface area contributed by atoms with Gasteiger partial charge in [0, 0.05) is 11.6 Å². The van der Waals surface area contributed by atoms with Gasteiger partial charge in [-0.1, -0.05) is 0 Å². The summed E-state index contributed by atoms with van der Waals surface area (Å²) in [7, 11) is 2.90. The number of benzene rings is 2. The Morgan fingerprint density at radius 1 is 1.13 bits per heavy atom. The third-order valence-corrected chi connectivity index (χ3v) is 3.68. The van der Waals surface area contributed by atoms with Crippen LogP contribution in [0.15, 0.2) is 40.9 Å². The molecule has 0 aliphatic rings. The molecule has 2 rings (SSSR count). The standard InChI is InChI=1S/C15H13BrN2O5/c1-22-13-6-3-9(7-11(13)16)15(19)17-12-5-4-10(18(20)21)8-14(12)23-2/h3-8H,1-2H3,(H,17,19). The molecule has 0 radical (unpaired) electrons. The number of carbonyl (C=O) groups is 1. The number of ether oxygens (including phenoxy) is 2. The highest BCUT2D eigenvalue weighted by Gasteiger charge is 2.15. The molecule has 2 aromatic carbocycles. The number of hydrogen-bond donors (Lipinski definition) is 1. The maximum absolute atomic E-state index is 12.3. The first-order valence-electron chi connectivity index (χ1n) is 6.43. The second kappa shape index (κ2) is 7.10. The Bertz CT molecular complexity index is 764. The van der Waals surface area contributed by atoms with Crippen molar-refractivity contribution in [3.8, 4) is 11.5 Å². The van der Waals surface area contributed by atoms with Crippen molar-refractivity contribution >= 4 is 33.2 Å². The van der Waals surface area contributed by atoms with Crippen molar-refractivity contribution in [2.75, 3.05) is 19.5 Å². The molecule has 0 atom stereocenters. The number of amides is 1. The third kappa shape index (κ3) is 3.78. The second-order valence-electron chi connectivity index (χ2n) is 4.45. The van der Waals surface area contributed by atoms with Crippen LogP contribution in [0.4, 0.5) is 11.4 Å². The van der Waals surface area contributed by atoms with E-state index in [1.165, 1.54) is 32.4 Å². The van der Waals surface area contributed by atoms with Crippen LogP contribution in [0.25, 0.3) is 0 Å². The molecule has 0 unspecified atom stereocenters. The molecule has 0 bridgehead atoms. The minimum Gasteiger partial charge on any atom is -0.496 e. The van der Waals surface area contributed by atoms with Gasteiger partial charge in [0.1, 0.15) is 11.5 Å². The summed E-state index contributed by atoms with van der Waals surface area (Å²) in [6.45, 7) is 0. The Labute approximate surface area is 140 Å². The Kier molecular flexibility index (Phi) is 5.17. The first kappa shape index (κ1) is 16.8. The van der Waals surface area contributed by atoms with Gasteiger partial charge in [0.25, 0.3) is 11.6 Å². The molecule has 1 N–H and O–H groups in total. The van der Waals surface area contributed by atoms with Gasteiger partial charge in [-0.05, 0) is 40.2 Å². The van der Waals surface area contributed by atoms with Gasteiger partial charge in [0.15, 0.2) is 0 Å². The van der Waals surface area contributed by atoms with E-state index in [2.05, 4.69) is 21.2 Å². The van der Waals surface area contributed by atoms with Crippen molar-refractivity contribution in [1.82, 2.24) is 0 Å². The number of methoxy groups -OCH3 is 2.